The van der Waals surface area contributed by atoms with E-state index < -0.39 is 22.5 Å². The number of amides is 1. The van der Waals surface area contributed by atoms with Crippen molar-refractivity contribution in [3.8, 4) is 0 Å². The first-order valence-electron chi connectivity index (χ1n) is 10.5. The van der Waals surface area contributed by atoms with E-state index in [0.717, 1.165) is 21.9 Å². The molecule has 0 saturated carbocycles. The molecule has 3 rings (SSSR count). The predicted molar refractivity (Wildman–Crippen MR) is 135 cm³/mol. The lowest BCUT2D eigenvalue weighted by atomic mass is 10.1. The zero-order valence-electron chi connectivity index (χ0n) is 18.7. The summed E-state index contributed by atoms with van der Waals surface area (Å²) in [5.74, 6) is -0.464. The molecule has 1 amide bonds. The Balaban J connectivity index is 1.91. The van der Waals surface area contributed by atoms with Gasteiger partial charge in [-0.3, -0.25) is 9.10 Å². The van der Waals surface area contributed by atoms with Crippen molar-refractivity contribution in [3.05, 3.63) is 93.5 Å². The third-order valence-corrected chi connectivity index (χ3v) is 7.94. The molecule has 5 nitrogen and oxygen atoms in total. The van der Waals surface area contributed by atoms with Gasteiger partial charge in [-0.15, -0.1) is 0 Å². The Kier molecular flexibility index (Phi) is 8.05. The van der Waals surface area contributed by atoms with Crippen LogP contribution in [-0.2, 0) is 21.2 Å². The van der Waals surface area contributed by atoms with Crippen LogP contribution in [0.25, 0.3) is 0 Å². The van der Waals surface area contributed by atoms with Crippen molar-refractivity contribution in [1.29, 1.82) is 0 Å². The van der Waals surface area contributed by atoms with Crippen LogP contribution in [0.5, 0.6) is 0 Å². The molecule has 0 heterocycles. The van der Waals surface area contributed by atoms with E-state index in [4.69, 9.17) is 23.2 Å². The van der Waals surface area contributed by atoms with Gasteiger partial charge in [0.25, 0.3) is 10.0 Å². The van der Waals surface area contributed by atoms with E-state index in [0.29, 0.717) is 0 Å². The topological polar surface area (TPSA) is 66.5 Å². The second-order valence-electron chi connectivity index (χ2n) is 7.78. The van der Waals surface area contributed by atoms with Gasteiger partial charge in [-0.05, 0) is 55.7 Å². The van der Waals surface area contributed by atoms with E-state index >= 15 is 0 Å². The first-order chi connectivity index (χ1) is 15.6. The van der Waals surface area contributed by atoms with E-state index in [1.807, 2.05) is 38.1 Å². The van der Waals surface area contributed by atoms with Crippen LogP contribution in [0.4, 0.5) is 5.69 Å². The Bertz CT molecular complexity index is 1230. The summed E-state index contributed by atoms with van der Waals surface area (Å²) < 4.78 is 28.0. The molecular formula is C25H26Cl2N2O3S. The number of anilines is 1. The van der Waals surface area contributed by atoms with E-state index in [1.54, 1.807) is 24.3 Å². The maximum Gasteiger partial charge on any atom is 0.264 e. The van der Waals surface area contributed by atoms with Crippen LogP contribution in [-0.4, -0.2) is 20.9 Å². The van der Waals surface area contributed by atoms with Crippen molar-refractivity contribution < 1.29 is 13.2 Å². The van der Waals surface area contributed by atoms with Crippen LogP contribution in [0.1, 0.15) is 36.6 Å². The van der Waals surface area contributed by atoms with Gasteiger partial charge in [-0.1, -0.05) is 78.2 Å². The Hall–Kier alpha value is -2.54. The summed E-state index contributed by atoms with van der Waals surface area (Å²) in [6.07, 6.45) is 0.924. The van der Waals surface area contributed by atoms with E-state index in [-0.39, 0.29) is 26.7 Å². The lowest BCUT2D eigenvalue weighted by Crippen LogP contribution is -2.41. The maximum absolute atomic E-state index is 13.5. The minimum Gasteiger partial charge on any atom is -0.348 e. The summed E-state index contributed by atoms with van der Waals surface area (Å²) in [4.78, 5) is 13.0. The van der Waals surface area contributed by atoms with E-state index in [9.17, 15) is 13.2 Å². The first kappa shape index (κ1) is 25.1. The maximum atomic E-state index is 13.5. The van der Waals surface area contributed by atoms with Gasteiger partial charge in [0.05, 0.1) is 26.7 Å². The molecule has 0 fully saturated rings. The zero-order valence-corrected chi connectivity index (χ0v) is 21.0. The van der Waals surface area contributed by atoms with Crippen molar-refractivity contribution in [1.82, 2.24) is 5.32 Å². The molecule has 0 saturated heterocycles. The minimum absolute atomic E-state index is 0.0557. The molecule has 174 valence electrons. The molecular weight excluding hydrogens is 479 g/mol. The average molecular weight is 505 g/mol. The number of sulfonamides is 1. The van der Waals surface area contributed by atoms with E-state index in [2.05, 4.69) is 12.2 Å². The van der Waals surface area contributed by atoms with Gasteiger partial charge >= 0.3 is 0 Å². The van der Waals surface area contributed by atoms with Crippen molar-refractivity contribution in [2.24, 2.45) is 0 Å². The fraction of sp³-hybridized carbons (Fsp3) is 0.240. The number of carbonyl (C=O) groups is 1. The fourth-order valence-electron chi connectivity index (χ4n) is 3.37. The number of nitrogens with one attached hydrogen (secondary N) is 1. The number of rotatable bonds is 8. The molecule has 1 N–H and O–H groups in total. The van der Waals surface area contributed by atoms with Crippen molar-refractivity contribution in [2.45, 2.75) is 38.1 Å². The van der Waals surface area contributed by atoms with E-state index in [1.165, 1.54) is 23.8 Å². The fourth-order valence-corrected chi connectivity index (χ4v) is 5.25. The lowest BCUT2D eigenvalue weighted by molar-refractivity contribution is -0.120. The molecule has 0 spiro atoms. The van der Waals surface area contributed by atoms with Gasteiger partial charge < -0.3 is 5.32 Å². The van der Waals surface area contributed by atoms with Gasteiger partial charge in [0.15, 0.2) is 0 Å². The predicted octanol–water partition coefficient (Wildman–Crippen LogP) is 5.94. The molecule has 1 atom stereocenters. The SMILES string of the molecule is CCc1ccc(C(C)NC(=O)CN(c2cccc(Cl)c2Cl)S(=O)(=O)c2ccc(C)cc2)cc1. The molecule has 3 aromatic rings. The monoisotopic (exact) mass is 504 g/mol. The smallest absolute Gasteiger partial charge is 0.264 e. The molecule has 0 aliphatic rings. The molecule has 0 aliphatic heterocycles. The molecule has 0 bridgehead atoms. The molecule has 3 aromatic carbocycles. The van der Waals surface area contributed by atoms with Crippen molar-refractivity contribution >= 4 is 44.8 Å². The van der Waals surface area contributed by atoms with Crippen LogP contribution >= 0.6 is 23.2 Å². The number of aryl methyl sites for hydroxylation is 2. The zero-order chi connectivity index (χ0) is 24.2. The summed E-state index contributed by atoms with van der Waals surface area (Å²) in [6.45, 7) is 5.34. The number of hydrogen-bond acceptors (Lipinski definition) is 3. The largest absolute Gasteiger partial charge is 0.348 e. The third kappa shape index (κ3) is 5.88. The Morgan fingerprint density at radius 1 is 1.00 bits per heavy atom. The highest BCUT2D eigenvalue weighted by Crippen LogP contribution is 2.35. The van der Waals surface area contributed by atoms with Gasteiger partial charge in [-0.2, -0.15) is 0 Å². The normalized spacial score (nSPS) is 12.3. The Labute approximate surface area is 205 Å². The van der Waals surface area contributed by atoms with Gasteiger partial charge in [-0.25, -0.2) is 8.42 Å². The molecule has 33 heavy (non-hydrogen) atoms. The average Bonchev–Trinajstić information content (AvgIpc) is 2.79. The summed E-state index contributed by atoms with van der Waals surface area (Å²) in [5, 5.41) is 3.14. The Morgan fingerprint density at radius 2 is 1.64 bits per heavy atom. The quantitative estimate of drug-likeness (QED) is 0.412. The highest BCUT2D eigenvalue weighted by atomic mass is 35.5. The number of halogens is 2. The highest BCUT2D eigenvalue weighted by Gasteiger charge is 2.29. The van der Waals surface area contributed by atoms with Crippen molar-refractivity contribution in [2.75, 3.05) is 10.8 Å². The molecule has 0 aromatic heterocycles. The summed E-state index contributed by atoms with van der Waals surface area (Å²) in [7, 11) is -4.09. The number of hydrogen-bond donors (Lipinski definition) is 1. The molecule has 0 radical (unpaired) electrons. The summed E-state index contributed by atoms with van der Waals surface area (Å²) >= 11 is 12.5. The van der Waals surface area contributed by atoms with Crippen LogP contribution < -0.4 is 9.62 Å². The number of benzene rings is 3. The Morgan fingerprint density at radius 3 is 2.24 bits per heavy atom. The molecule has 0 aliphatic carbocycles. The van der Waals surface area contributed by atoms with Crippen molar-refractivity contribution in [3.63, 3.8) is 0 Å². The van der Waals surface area contributed by atoms with Crippen LogP contribution in [0.3, 0.4) is 0 Å². The second-order valence-corrected chi connectivity index (χ2v) is 10.4. The summed E-state index contributed by atoms with van der Waals surface area (Å²) in [6, 6.07) is 18.7. The van der Waals surface area contributed by atoms with Crippen LogP contribution in [0.15, 0.2) is 71.6 Å². The summed E-state index contributed by atoms with van der Waals surface area (Å²) in [5.41, 5.74) is 3.18. The van der Waals surface area contributed by atoms with Crippen LogP contribution in [0.2, 0.25) is 10.0 Å². The number of carbonyl (C=O) groups excluding carboxylic acids is 1. The third-order valence-electron chi connectivity index (χ3n) is 5.36. The minimum atomic E-state index is -4.09. The molecule has 8 heteroatoms. The standard InChI is InChI=1S/C25H26Cl2N2O3S/c1-4-19-10-12-20(13-11-19)18(3)28-24(30)16-29(23-7-5-6-22(26)25(23)27)33(31,32)21-14-8-17(2)9-15-21/h5-15,18H,4,16H2,1-3H3,(H,28,30). The van der Waals surface area contributed by atoms with Crippen LogP contribution in [0, 0.1) is 6.92 Å². The molecule has 1 unspecified atom stereocenters. The first-order valence-corrected chi connectivity index (χ1v) is 12.7. The highest BCUT2D eigenvalue weighted by molar-refractivity contribution is 7.92. The van der Waals surface area contributed by atoms with Gasteiger partial charge in [0.1, 0.15) is 6.54 Å². The lowest BCUT2D eigenvalue weighted by Gasteiger charge is -2.26. The van der Waals surface area contributed by atoms with Gasteiger partial charge in [0, 0.05) is 0 Å². The second kappa shape index (κ2) is 10.6. The number of nitrogens with zero attached hydrogens (tertiary/aromatic N) is 1. The van der Waals surface area contributed by atoms with Gasteiger partial charge in [0.2, 0.25) is 5.91 Å².